The first-order valence-electron chi connectivity index (χ1n) is 20.5. The molecule has 326 valence electrons. The van der Waals surface area contributed by atoms with Crippen LogP contribution in [0.1, 0.15) is 95.1 Å². The molecule has 0 atom stereocenters. The molecule has 5 rings (SSSR count). The van der Waals surface area contributed by atoms with Gasteiger partial charge in [0.2, 0.25) is 10.4 Å². The van der Waals surface area contributed by atoms with E-state index in [1.54, 1.807) is 12.4 Å². The molecular formula is C47H61IrN4O7S. The van der Waals surface area contributed by atoms with Gasteiger partial charge in [0.25, 0.3) is 0 Å². The van der Waals surface area contributed by atoms with Gasteiger partial charge in [-0.2, -0.15) is 0 Å². The average Bonchev–Trinajstić information content (AvgIpc) is 3.27. The van der Waals surface area contributed by atoms with Gasteiger partial charge in [0.15, 0.2) is 0 Å². The fraction of sp³-hybridized carbons (Fsp3) is 0.404. The second-order valence-corrected chi connectivity index (χ2v) is 14.8. The number of carboxylic acids is 1. The molecule has 0 spiro atoms. The van der Waals surface area contributed by atoms with Crippen LogP contribution in [0.2, 0.25) is 0 Å². The van der Waals surface area contributed by atoms with E-state index in [2.05, 4.69) is 59.0 Å². The van der Waals surface area contributed by atoms with E-state index in [0.29, 0.717) is 5.56 Å². The summed E-state index contributed by atoms with van der Waals surface area (Å²) in [5.74, 6) is -1.40. The molecule has 13 heteroatoms. The van der Waals surface area contributed by atoms with Crippen LogP contribution in [0.3, 0.4) is 0 Å². The molecule has 0 bridgehead atoms. The molecule has 0 aliphatic rings. The molecule has 0 saturated carbocycles. The second kappa shape index (κ2) is 32.6. The van der Waals surface area contributed by atoms with Gasteiger partial charge in [-0.3, -0.25) is 9.17 Å². The Bertz CT molecular complexity index is 1720. The molecule has 11 nitrogen and oxygen atoms in total. The minimum Gasteiger partial charge on any atom is -0.726 e. The van der Waals surface area contributed by atoms with Gasteiger partial charge < -0.3 is 33.6 Å². The summed E-state index contributed by atoms with van der Waals surface area (Å²) in [6, 6.07) is 36.4. The number of carbonyl (C=O) groups excluding carboxylic acids is 1. The predicted octanol–water partition coefficient (Wildman–Crippen LogP) is 8.54. The standard InChI is InChI=1S/C16H36N.2C11H8N.C9H11NO7S.Ir/c1-5-9-13-17(14-10-6-2,15-11-7-3)16-12-8-4;2*1-2-6-10(7-3-1)11-8-4-5-9-12-11;11-9(12)8-5-7(1-2-10-8)6-16-3-4-17-18(13,14)15;/h5-16H2,1-4H3;2*1-6,8-9H;1-2,5H,3-4,6H2,(H,11,12)(H,13,14,15);/q+1;2*-1;;+3/p-2. The molecule has 0 aliphatic carbocycles. The molecule has 60 heavy (non-hydrogen) atoms. The van der Waals surface area contributed by atoms with Crippen LogP contribution in [-0.4, -0.2) is 77.8 Å². The first-order chi connectivity index (χ1) is 28.6. The summed E-state index contributed by atoms with van der Waals surface area (Å²) < 4.78 is 40.5. The predicted molar refractivity (Wildman–Crippen MR) is 230 cm³/mol. The van der Waals surface area contributed by atoms with E-state index >= 15 is 0 Å². The smallest absolute Gasteiger partial charge is 0.726 e. The molecule has 0 amide bonds. The number of rotatable bonds is 21. The topological polar surface area (TPSA) is 154 Å². The third-order valence-electron chi connectivity index (χ3n) is 9.00. The van der Waals surface area contributed by atoms with E-state index in [0.717, 1.165) is 22.5 Å². The Kier molecular flexibility index (Phi) is 29.2. The summed E-state index contributed by atoms with van der Waals surface area (Å²) in [6.07, 6.45) is 15.9. The summed E-state index contributed by atoms with van der Waals surface area (Å²) in [7, 11) is -4.71. The van der Waals surface area contributed by atoms with Crippen molar-refractivity contribution in [1.29, 1.82) is 0 Å². The molecule has 0 unspecified atom stereocenters. The van der Waals surface area contributed by atoms with Crippen molar-refractivity contribution in [2.75, 3.05) is 39.4 Å². The van der Waals surface area contributed by atoms with Gasteiger partial charge in [-0.25, -0.2) is 8.42 Å². The van der Waals surface area contributed by atoms with E-state index < -0.39 is 23.0 Å². The summed E-state index contributed by atoms with van der Waals surface area (Å²) in [4.78, 5) is 22.5. The van der Waals surface area contributed by atoms with Crippen molar-refractivity contribution >= 4 is 16.4 Å². The molecular weight excluding hydrogens is 957 g/mol. The Morgan fingerprint density at radius 1 is 0.650 bits per heavy atom. The van der Waals surface area contributed by atoms with Gasteiger partial charge in [0, 0.05) is 18.6 Å². The fourth-order valence-corrected chi connectivity index (χ4v) is 6.13. The van der Waals surface area contributed by atoms with Crippen LogP contribution >= 0.6 is 0 Å². The summed E-state index contributed by atoms with van der Waals surface area (Å²) in [5.41, 5.74) is 4.32. The van der Waals surface area contributed by atoms with Gasteiger partial charge >= 0.3 is 20.1 Å². The van der Waals surface area contributed by atoms with Crippen molar-refractivity contribution in [3.63, 3.8) is 0 Å². The number of benzene rings is 2. The van der Waals surface area contributed by atoms with Crippen molar-refractivity contribution in [3.05, 3.63) is 139 Å². The molecule has 0 radical (unpaired) electrons. The van der Waals surface area contributed by atoms with Crippen molar-refractivity contribution in [2.45, 2.75) is 85.7 Å². The molecule has 0 fully saturated rings. The van der Waals surface area contributed by atoms with E-state index in [1.165, 1.54) is 100 Å². The van der Waals surface area contributed by atoms with Crippen LogP contribution in [0.4, 0.5) is 0 Å². The Morgan fingerprint density at radius 2 is 1.12 bits per heavy atom. The molecule has 3 aromatic heterocycles. The molecule has 0 aliphatic heterocycles. The van der Waals surface area contributed by atoms with Crippen molar-refractivity contribution in [2.24, 2.45) is 0 Å². The zero-order valence-electron chi connectivity index (χ0n) is 35.5. The Labute approximate surface area is 372 Å². The third-order valence-corrected chi connectivity index (χ3v) is 9.46. The Balaban J connectivity index is 0.000000403. The molecule has 3 heterocycles. The van der Waals surface area contributed by atoms with Crippen molar-refractivity contribution < 1.29 is 56.4 Å². The number of carbonyl (C=O) groups is 1. The fourth-order valence-electron chi connectivity index (χ4n) is 5.86. The van der Waals surface area contributed by atoms with Crippen molar-refractivity contribution in [3.8, 4) is 22.5 Å². The largest absolute Gasteiger partial charge is 3.00 e. The maximum absolute atomic E-state index is 10.5. The number of aromatic nitrogens is 3. The number of pyridine rings is 3. The summed E-state index contributed by atoms with van der Waals surface area (Å²) >= 11 is 0. The minimum absolute atomic E-state index is 0. The normalized spacial score (nSPS) is 10.7. The number of hydrogen-bond donors (Lipinski definition) is 0. The van der Waals surface area contributed by atoms with E-state index in [9.17, 15) is 22.9 Å². The number of aromatic carboxylic acids is 1. The van der Waals surface area contributed by atoms with Gasteiger partial charge in [0.1, 0.15) is 0 Å². The van der Waals surface area contributed by atoms with Gasteiger partial charge in [-0.1, -0.05) is 77.6 Å². The SMILES string of the molecule is CCCC[N+](CCCC)(CCCC)CCCC.O=C([O-])c1cc(COCCOS(=O)(=O)[O-])ccn1.[Ir+3].[c-]1ccccc1-c1ccccn1.[c-]1ccccc1-c1ccccn1. The first kappa shape index (κ1) is 53.8. The monoisotopic (exact) mass is 1020 g/mol. The summed E-state index contributed by atoms with van der Waals surface area (Å²) in [5, 5.41) is 10.5. The maximum Gasteiger partial charge on any atom is 3.00 e. The second-order valence-electron chi connectivity index (χ2n) is 13.8. The van der Waals surface area contributed by atoms with E-state index in [-0.39, 0.29) is 39.0 Å². The number of carboxylic acid groups (broad SMARTS) is 1. The van der Waals surface area contributed by atoms with Crippen LogP contribution in [-0.2, 0) is 46.0 Å². The number of ether oxygens (including phenoxy) is 1. The minimum atomic E-state index is -4.71. The van der Waals surface area contributed by atoms with Crippen LogP contribution in [0.15, 0.2) is 116 Å². The Hall–Kier alpha value is -4.20. The number of unbranched alkanes of at least 4 members (excludes halogenated alkanes) is 4. The number of quaternary nitrogens is 1. The Morgan fingerprint density at radius 3 is 1.48 bits per heavy atom. The molecule has 2 aromatic carbocycles. The molecule has 0 N–H and O–H groups in total. The third kappa shape index (κ3) is 24.2. The van der Waals surface area contributed by atoms with Crippen LogP contribution < -0.4 is 5.11 Å². The molecule has 5 aromatic rings. The van der Waals surface area contributed by atoms with Crippen LogP contribution in [0.5, 0.6) is 0 Å². The first-order valence-corrected chi connectivity index (χ1v) is 21.8. The van der Waals surface area contributed by atoms with E-state index in [1.807, 2.05) is 84.9 Å². The number of hydrogen-bond acceptors (Lipinski definition) is 10. The maximum atomic E-state index is 10.5. The van der Waals surface area contributed by atoms with Crippen molar-refractivity contribution in [1.82, 2.24) is 15.0 Å². The zero-order chi connectivity index (χ0) is 43.0. The van der Waals surface area contributed by atoms with Crippen LogP contribution in [0.25, 0.3) is 22.5 Å². The quantitative estimate of drug-likeness (QED) is 0.0230. The van der Waals surface area contributed by atoms with E-state index in [4.69, 9.17) is 4.74 Å². The van der Waals surface area contributed by atoms with Gasteiger partial charge in [-0.15, -0.1) is 71.8 Å². The van der Waals surface area contributed by atoms with Gasteiger partial charge in [-0.05, 0) is 66.9 Å². The zero-order valence-corrected chi connectivity index (χ0v) is 38.7. The molecule has 0 saturated heterocycles. The van der Waals surface area contributed by atoms with Crippen LogP contribution in [0, 0.1) is 12.1 Å². The summed E-state index contributed by atoms with van der Waals surface area (Å²) in [6.45, 7) is 14.5. The van der Waals surface area contributed by atoms with Gasteiger partial charge in [0.05, 0.1) is 57.7 Å². The average molecular weight is 1020 g/mol. The number of nitrogens with zero attached hydrogens (tertiary/aromatic N) is 4.